The largest absolute Gasteiger partial charge is 0.310 e. The van der Waals surface area contributed by atoms with Crippen LogP contribution in [0.1, 0.15) is 25.0 Å². The molecule has 0 amide bonds. The molecule has 0 aliphatic heterocycles. The minimum Gasteiger partial charge on any atom is -0.310 e. The Morgan fingerprint density at radius 3 is 0.786 bits per heavy atom. The molecule has 98 heavy (non-hydrogen) atoms. The molecular formula is C95H69N3. The molecule has 0 unspecified atom stereocenters. The lowest BCUT2D eigenvalue weighted by Crippen LogP contribution is -2.17. The maximum atomic E-state index is 2.57. The Bertz CT molecular complexity index is 5340. The monoisotopic (exact) mass is 1250 g/mol. The number of hydrogen-bond acceptors (Lipinski definition) is 3. The molecule has 0 aromatic heterocycles. The molecule has 0 N–H and O–H groups in total. The standard InChI is InChI=1S/C95H69N3/c1-95(2)91-54-22-21-53-85(91)87-64-89-90(65-92(87)95)93(97(80-49-25-43-74(59-80)68-33-13-5-14-34-68)81-50-26-44-75(60-81)69-35-15-6-16-36-69)86-56-55-84(96(78-47-23-41-72(57-78)66-29-9-3-10-30-66)79-48-24-42-73(58-79)67-31-11-4-12-32-67)63-88(86)94(89)98(82-51-27-45-76(61-82)70-37-17-7-18-38-70)83-52-28-46-77(62-83)71-39-19-8-20-40-71/h3-65H,1-2H3. The third kappa shape index (κ3) is 11.0. The Morgan fingerprint density at radius 1 is 0.173 bits per heavy atom. The average Bonchev–Trinajstić information content (AvgIpc) is 1.29. The molecule has 0 atom stereocenters. The molecule has 0 radical (unpaired) electrons. The normalized spacial score (nSPS) is 12.1. The highest BCUT2D eigenvalue weighted by Crippen LogP contribution is 2.58. The molecule has 0 bridgehead atoms. The van der Waals surface area contributed by atoms with Crippen LogP contribution >= 0.6 is 0 Å². The molecule has 17 rings (SSSR count). The Labute approximate surface area is 574 Å². The third-order valence-corrected chi connectivity index (χ3v) is 19.7. The zero-order valence-corrected chi connectivity index (χ0v) is 54.7. The molecule has 0 spiro atoms. The lowest BCUT2D eigenvalue weighted by Gasteiger charge is -2.35. The molecule has 0 saturated carbocycles. The molecular weight excluding hydrogens is 1180 g/mol. The summed E-state index contributed by atoms with van der Waals surface area (Å²) >= 11 is 0. The fourth-order valence-corrected chi connectivity index (χ4v) is 15.0. The molecule has 0 heterocycles. The van der Waals surface area contributed by atoms with Gasteiger partial charge in [0, 0.05) is 66.8 Å². The molecule has 3 heteroatoms. The summed E-state index contributed by atoms with van der Waals surface area (Å²) in [7, 11) is 0. The molecule has 0 saturated heterocycles. The number of fused-ring (bicyclic) bond motifs is 5. The second-order valence-corrected chi connectivity index (χ2v) is 26.0. The molecule has 16 aromatic rings. The molecule has 1 aliphatic carbocycles. The van der Waals surface area contributed by atoms with Gasteiger partial charge in [-0.25, -0.2) is 0 Å². The number of hydrogen-bond donors (Lipinski definition) is 0. The fourth-order valence-electron chi connectivity index (χ4n) is 15.0. The fraction of sp³-hybridized carbons (Fsp3) is 0.0316. The van der Waals surface area contributed by atoms with Gasteiger partial charge in [0.05, 0.1) is 11.4 Å². The van der Waals surface area contributed by atoms with Crippen molar-refractivity contribution >= 4 is 72.7 Å². The summed E-state index contributed by atoms with van der Waals surface area (Å²) in [5, 5.41) is 4.39. The van der Waals surface area contributed by atoms with Crippen LogP contribution < -0.4 is 14.7 Å². The summed E-state index contributed by atoms with van der Waals surface area (Å²) in [5.41, 5.74) is 27.8. The third-order valence-electron chi connectivity index (χ3n) is 19.7. The number of rotatable bonds is 15. The van der Waals surface area contributed by atoms with Gasteiger partial charge in [-0.2, -0.15) is 0 Å². The van der Waals surface area contributed by atoms with Gasteiger partial charge in [0.15, 0.2) is 0 Å². The van der Waals surface area contributed by atoms with Crippen molar-refractivity contribution in [2.24, 2.45) is 0 Å². The Balaban J connectivity index is 1.05. The second kappa shape index (κ2) is 25.3. The van der Waals surface area contributed by atoms with Crippen molar-refractivity contribution < 1.29 is 0 Å². The number of nitrogens with zero attached hydrogens (tertiary/aromatic N) is 3. The van der Waals surface area contributed by atoms with Crippen LogP contribution in [0, 0.1) is 0 Å². The Morgan fingerprint density at radius 2 is 0.439 bits per heavy atom. The highest BCUT2D eigenvalue weighted by atomic mass is 15.2. The van der Waals surface area contributed by atoms with Crippen LogP contribution in [0.4, 0.5) is 51.2 Å². The van der Waals surface area contributed by atoms with Gasteiger partial charge in [0.1, 0.15) is 0 Å². The predicted molar refractivity (Wildman–Crippen MR) is 416 cm³/mol. The Hall–Kier alpha value is -12.6. The van der Waals surface area contributed by atoms with Crippen molar-refractivity contribution in [3.05, 3.63) is 393 Å². The van der Waals surface area contributed by atoms with E-state index in [9.17, 15) is 0 Å². The zero-order chi connectivity index (χ0) is 65.5. The van der Waals surface area contributed by atoms with E-state index in [1.54, 1.807) is 0 Å². The molecule has 16 aromatic carbocycles. The van der Waals surface area contributed by atoms with E-state index in [0.717, 1.165) is 139 Å². The first-order chi connectivity index (χ1) is 48.4. The van der Waals surface area contributed by atoms with Crippen LogP contribution in [-0.4, -0.2) is 0 Å². The van der Waals surface area contributed by atoms with E-state index in [4.69, 9.17) is 0 Å². The van der Waals surface area contributed by atoms with Crippen LogP contribution in [0.2, 0.25) is 0 Å². The summed E-state index contributed by atoms with van der Waals surface area (Å²) in [4.78, 5) is 7.60. The number of anilines is 9. The van der Waals surface area contributed by atoms with Crippen molar-refractivity contribution in [3.8, 4) is 77.9 Å². The van der Waals surface area contributed by atoms with Gasteiger partial charge in [-0.05, 0) is 186 Å². The molecule has 3 nitrogen and oxygen atoms in total. The first-order valence-electron chi connectivity index (χ1n) is 33.9. The zero-order valence-electron chi connectivity index (χ0n) is 54.7. The number of benzene rings is 16. The summed E-state index contributed by atoms with van der Waals surface area (Å²) in [6.07, 6.45) is 0. The predicted octanol–water partition coefficient (Wildman–Crippen LogP) is 26.7. The van der Waals surface area contributed by atoms with Crippen LogP contribution in [-0.2, 0) is 5.41 Å². The SMILES string of the molecule is CC1(C)c2ccccc2-c2cc3c(N(c4cccc(-c5ccccc5)c4)c4cccc(-c5ccccc5)c4)c4cc(N(c5cccc(-c6ccccc6)c5)c5cccc(-c6ccccc6)c5)ccc4c(N(c4cccc(-c5ccccc5)c4)c4cccc(-c5ccccc5)c4)c3cc21. The smallest absolute Gasteiger partial charge is 0.0620 e. The Kier molecular flexibility index (Phi) is 15.3. The summed E-state index contributed by atoms with van der Waals surface area (Å²) < 4.78 is 0. The van der Waals surface area contributed by atoms with Gasteiger partial charge >= 0.3 is 0 Å². The van der Waals surface area contributed by atoms with E-state index in [1.165, 1.54) is 22.3 Å². The summed E-state index contributed by atoms with van der Waals surface area (Å²) in [5.74, 6) is 0. The van der Waals surface area contributed by atoms with E-state index in [-0.39, 0.29) is 5.41 Å². The van der Waals surface area contributed by atoms with Crippen molar-refractivity contribution in [1.82, 2.24) is 0 Å². The van der Waals surface area contributed by atoms with Gasteiger partial charge in [-0.15, -0.1) is 0 Å². The first-order valence-corrected chi connectivity index (χ1v) is 33.9. The van der Waals surface area contributed by atoms with Crippen molar-refractivity contribution in [2.75, 3.05) is 14.7 Å². The average molecular weight is 1250 g/mol. The van der Waals surface area contributed by atoms with Gasteiger partial charge in [-0.3, -0.25) is 0 Å². The second-order valence-electron chi connectivity index (χ2n) is 26.0. The minimum atomic E-state index is -0.335. The van der Waals surface area contributed by atoms with Crippen molar-refractivity contribution in [3.63, 3.8) is 0 Å². The molecule has 1 aliphatic rings. The maximum Gasteiger partial charge on any atom is 0.0620 e. The quantitative estimate of drug-likeness (QED) is 0.0748. The summed E-state index contributed by atoms with van der Waals surface area (Å²) in [6.45, 7) is 4.82. The highest BCUT2D eigenvalue weighted by Gasteiger charge is 2.38. The van der Waals surface area contributed by atoms with E-state index >= 15 is 0 Å². The van der Waals surface area contributed by atoms with Gasteiger partial charge in [-0.1, -0.05) is 299 Å². The van der Waals surface area contributed by atoms with Crippen LogP contribution in [0.3, 0.4) is 0 Å². The maximum absolute atomic E-state index is 2.57. The van der Waals surface area contributed by atoms with E-state index < -0.39 is 0 Å². The van der Waals surface area contributed by atoms with Gasteiger partial charge in [0.2, 0.25) is 0 Å². The first kappa shape index (κ1) is 59.2. The topological polar surface area (TPSA) is 9.72 Å². The summed E-state index contributed by atoms with van der Waals surface area (Å²) in [6, 6.07) is 141. The lowest BCUT2D eigenvalue weighted by molar-refractivity contribution is 0.661. The van der Waals surface area contributed by atoms with Crippen LogP contribution in [0.5, 0.6) is 0 Å². The molecule has 464 valence electrons. The lowest BCUT2D eigenvalue weighted by atomic mass is 9.81. The van der Waals surface area contributed by atoms with Crippen molar-refractivity contribution in [1.29, 1.82) is 0 Å². The van der Waals surface area contributed by atoms with Crippen LogP contribution in [0.25, 0.3) is 99.4 Å². The molecule has 0 fully saturated rings. The van der Waals surface area contributed by atoms with Gasteiger partial charge in [0.25, 0.3) is 0 Å². The minimum absolute atomic E-state index is 0.335. The van der Waals surface area contributed by atoms with E-state index in [0.29, 0.717) is 0 Å². The van der Waals surface area contributed by atoms with E-state index in [1.807, 2.05) is 0 Å². The van der Waals surface area contributed by atoms with E-state index in [2.05, 4.69) is 411 Å². The highest BCUT2D eigenvalue weighted by molar-refractivity contribution is 6.25. The van der Waals surface area contributed by atoms with Crippen LogP contribution in [0.15, 0.2) is 382 Å². The van der Waals surface area contributed by atoms with Gasteiger partial charge < -0.3 is 14.7 Å². The van der Waals surface area contributed by atoms with Crippen molar-refractivity contribution in [2.45, 2.75) is 19.3 Å².